The summed E-state index contributed by atoms with van der Waals surface area (Å²) in [4.78, 5) is 4.36. The van der Waals surface area contributed by atoms with Crippen molar-refractivity contribution in [3.63, 3.8) is 0 Å². The van der Waals surface area contributed by atoms with Crippen LogP contribution in [0.15, 0.2) is 41.4 Å². The zero-order valence-electron chi connectivity index (χ0n) is 11.6. The summed E-state index contributed by atoms with van der Waals surface area (Å²) in [6.45, 7) is 2.04. The van der Waals surface area contributed by atoms with Gasteiger partial charge < -0.3 is 10.6 Å². The van der Waals surface area contributed by atoms with Crippen LogP contribution in [-0.2, 0) is 0 Å². The Labute approximate surface area is 122 Å². The number of halogens is 1. The second-order valence-corrected chi connectivity index (χ2v) is 5.56. The highest BCUT2D eigenvalue weighted by Gasteiger charge is 2.20. The minimum Gasteiger partial charge on any atom is -0.379 e. The summed E-state index contributed by atoms with van der Waals surface area (Å²) in [6, 6.07) is 11.3. The highest BCUT2D eigenvalue weighted by atomic mass is 19.1. The first-order valence-electron chi connectivity index (χ1n) is 7.25. The summed E-state index contributed by atoms with van der Waals surface area (Å²) >= 11 is 0. The van der Waals surface area contributed by atoms with Crippen LogP contribution < -0.4 is 10.6 Å². The third kappa shape index (κ3) is 2.32. The number of fused-ring (bicyclic) bond motifs is 1. The third-order valence-corrected chi connectivity index (χ3v) is 4.07. The molecule has 21 heavy (non-hydrogen) atoms. The van der Waals surface area contributed by atoms with Crippen molar-refractivity contribution >= 4 is 17.6 Å². The van der Waals surface area contributed by atoms with Crippen molar-refractivity contribution in [2.24, 2.45) is 4.99 Å². The molecule has 4 heteroatoms. The molecule has 0 aliphatic carbocycles. The number of nitrogens with zero attached hydrogens (tertiary/aromatic N) is 1. The van der Waals surface area contributed by atoms with Gasteiger partial charge in [0.25, 0.3) is 0 Å². The van der Waals surface area contributed by atoms with E-state index in [9.17, 15) is 4.39 Å². The minimum absolute atomic E-state index is 0.209. The first-order chi connectivity index (χ1) is 10.3. The van der Waals surface area contributed by atoms with Gasteiger partial charge in [0.05, 0.1) is 11.4 Å². The van der Waals surface area contributed by atoms with Gasteiger partial charge in [-0.3, -0.25) is 4.99 Å². The Balaban J connectivity index is 1.69. The molecule has 1 atom stereocenters. The van der Waals surface area contributed by atoms with Gasteiger partial charge in [-0.1, -0.05) is 12.1 Å². The number of anilines is 1. The van der Waals surface area contributed by atoms with Gasteiger partial charge in [-0.05, 0) is 48.4 Å². The number of aliphatic imine (C=N–C) groups is 1. The van der Waals surface area contributed by atoms with Crippen molar-refractivity contribution in [3.05, 3.63) is 47.8 Å². The molecule has 1 fully saturated rings. The summed E-state index contributed by atoms with van der Waals surface area (Å²) < 4.78 is 13.1. The number of hydrogen-bond donors (Lipinski definition) is 2. The maximum Gasteiger partial charge on any atom is 0.123 e. The van der Waals surface area contributed by atoms with Gasteiger partial charge in [0.1, 0.15) is 5.82 Å². The number of benzene rings is 2. The average Bonchev–Trinajstić information content (AvgIpc) is 2.95. The molecule has 106 valence electrons. The van der Waals surface area contributed by atoms with Crippen LogP contribution in [0.25, 0.3) is 11.1 Å². The van der Waals surface area contributed by atoms with Crippen molar-refractivity contribution in [2.75, 3.05) is 18.4 Å². The topological polar surface area (TPSA) is 36.4 Å². The summed E-state index contributed by atoms with van der Waals surface area (Å²) in [7, 11) is 0. The lowest BCUT2D eigenvalue weighted by Crippen LogP contribution is -2.22. The van der Waals surface area contributed by atoms with Crippen LogP contribution in [0, 0.1) is 5.82 Å². The largest absolute Gasteiger partial charge is 0.379 e. The smallest absolute Gasteiger partial charge is 0.123 e. The Bertz CT molecular complexity index is 701. The zero-order valence-corrected chi connectivity index (χ0v) is 11.6. The molecule has 3 nitrogen and oxygen atoms in total. The quantitative estimate of drug-likeness (QED) is 0.772. The highest BCUT2D eigenvalue weighted by molar-refractivity contribution is 6.03. The lowest BCUT2D eigenvalue weighted by atomic mass is 9.98. The third-order valence-electron chi connectivity index (χ3n) is 4.07. The van der Waals surface area contributed by atoms with Gasteiger partial charge in [0.15, 0.2) is 0 Å². The predicted octanol–water partition coefficient (Wildman–Crippen LogP) is 3.33. The number of rotatable bonds is 3. The highest BCUT2D eigenvalue weighted by Crippen LogP contribution is 2.39. The van der Waals surface area contributed by atoms with Crippen LogP contribution in [0.4, 0.5) is 15.8 Å². The van der Waals surface area contributed by atoms with E-state index in [-0.39, 0.29) is 5.82 Å². The van der Waals surface area contributed by atoms with E-state index >= 15 is 0 Å². The monoisotopic (exact) mass is 281 g/mol. The van der Waals surface area contributed by atoms with Crippen LogP contribution in [0.1, 0.15) is 12.0 Å². The van der Waals surface area contributed by atoms with Crippen LogP contribution in [0.2, 0.25) is 0 Å². The standard InChI is InChI=1S/C17H16FN3/c18-14-3-1-11(2-4-14)12-7-13-9-20-17(13)16(8-12)21-15-5-6-19-10-15/h1-4,7-9,15,19,21H,5-6,10H2. The van der Waals surface area contributed by atoms with Crippen molar-refractivity contribution in [3.8, 4) is 11.1 Å². The molecular formula is C17H16FN3. The Morgan fingerprint density at radius 1 is 1.14 bits per heavy atom. The van der Waals surface area contributed by atoms with Gasteiger partial charge in [0, 0.05) is 24.4 Å². The summed E-state index contributed by atoms with van der Waals surface area (Å²) in [5.41, 5.74) is 5.36. The maximum atomic E-state index is 13.1. The molecule has 2 N–H and O–H groups in total. The predicted molar refractivity (Wildman–Crippen MR) is 84.0 cm³/mol. The molecule has 0 aromatic heterocycles. The van der Waals surface area contributed by atoms with Crippen LogP contribution in [-0.4, -0.2) is 25.3 Å². The van der Waals surface area contributed by atoms with E-state index in [4.69, 9.17) is 0 Å². The van der Waals surface area contributed by atoms with Crippen LogP contribution in [0.5, 0.6) is 0 Å². The molecule has 2 aliphatic heterocycles. The maximum absolute atomic E-state index is 13.1. The van der Waals surface area contributed by atoms with E-state index in [1.807, 2.05) is 18.3 Å². The average molecular weight is 281 g/mol. The van der Waals surface area contributed by atoms with E-state index in [0.717, 1.165) is 47.6 Å². The summed E-state index contributed by atoms with van der Waals surface area (Å²) in [5.74, 6) is -0.209. The number of hydrogen-bond acceptors (Lipinski definition) is 3. The molecule has 0 radical (unpaired) electrons. The fraction of sp³-hybridized carbons (Fsp3) is 0.235. The lowest BCUT2D eigenvalue weighted by molar-refractivity contribution is 0.628. The van der Waals surface area contributed by atoms with Gasteiger partial charge in [-0.25, -0.2) is 4.39 Å². The van der Waals surface area contributed by atoms with E-state index in [1.54, 1.807) is 0 Å². The molecule has 1 saturated heterocycles. The van der Waals surface area contributed by atoms with E-state index in [2.05, 4.69) is 27.8 Å². The fourth-order valence-electron chi connectivity index (χ4n) is 2.88. The molecule has 0 spiro atoms. The molecular weight excluding hydrogens is 265 g/mol. The molecule has 0 bridgehead atoms. The number of nitrogens with one attached hydrogen (secondary N) is 2. The van der Waals surface area contributed by atoms with Gasteiger partial charge in [0.2, 0.25) is 0 Å². The first kappa shape index (κ1) is 12.5. The molecule has 2 aliphatic rings. The van der Waals surface area contributed by atoms with Crippen molar-refractivity contribution in [1.82, 2.24) is 5.32 Å². The van der Waals surface area contributed by atoms with Gasteiger partial charge in [-0.2, -0.15) is 0 Å². The van der Waals surface area contributed by atoms with Crippen molar-refractivity contribution < 1.29 is 4.39 Å². The van der Waals surface area contributed by atoms with E-state index < -0.39 is 0 Å². The van der Waals surface area contributed by atoms with Gasteiger partial charge in [-0.15, -0.1) is 0 Å². The molecule has 2 aromatic rings. The van der Waals surface area contributed by atoms with E-state index in [0.29, 0.717) is 6.04 Å². The molecule has 0 saturated carbocycles. The molecule has 0 amide bonds. The molecule has 4 rings (SSSR count). The SMILES string of the molecule is Fc1ccc(-c2cc3c(c(NC4CCNC4)c2)N=C3)cc1. The Morgan fingerprint density at radius 2 is 2.00 bits per heavy atom. The van der Waals surface area contributed by atoms with Crippen LogP contribution in [0.3, 0.4) is 0 Å². The summed E-state index contributed by atoms with van der Waals surface area (Å²) in [5, 5.41) is 6.93. The van der Waals surface area contributed by atoms with E-state index in [1.165, 1.54) is 12.1 Å². The van der Waals surface area contributed by atoms with Crippen molar-refractivity contribution in [1.29, 1.82) is 0 Å². The van der Waals surface area contributed by atoms with Gasteiger partial charge >= 0.3 is 0 Å². The zero-order chi connectivity index (χ0) is 14.2. The first-order valence-corrected chi connectivity index (χ1v) is 7.25. The Kier molecular flexibility index (Phi) is 2.97. The Hall–Kier alpha value is -2.20. The molecule has 2 heterocycles. The second-order valence-electron chi connectivity index (χ2n) is 5.56. The second kappa shape index (κ2) is 4.97. The summed E-state index contributed by atoms with van der Waals surface area (Å²) in [6.07, 6.45) is 3.00. The van der Waals surface area contributed by atoms with Crippen LogP contribution >= 0.6 is 0 Å². The van der Waals surface area contributed by atoms with Crippen molar-refractivity contribution in [2.45, 2.75) is 12.5 Å². The molecule has 2 aromatic carbocycles. The normalized spacial score (nSPS) is 19.2. The minimum atomic E-state index is -0.209. The lowest BCUT2D eigenvalue weighted by Gasteiger charge is -2.21. The molecule has 1 unspecified atom stereocenters. The Morgan fingerprint density at radius 3 is 2.67 bits per heavy atom. The fourth-order valence-corrected chi connectivity index (χ4v) is 2.88.